The number of hydrogen-bond donors (Lipinski definition) is 2. The van der Waals surface area contributed by atoms with Crippen LogP contribution in [0.25, 0.3) is 11.6 Å². The molecule has 44 heavy (non-hydrogen) atoms. The van der Waals surface area contributed by atoms with Crippen molar-refractivity contribution in [1.82, 2.24) is 9.80 Å². The molecule has 2 aromatic carbocycles. The molecule has 3 N–H and O–H groups in total. The molecule has 0 radical (unpaired) electrons. The number of nitrogens with zero attached hydrogens (tertiary/aromatic N) is 2. The summed E-state index contributed by atoms with van der Waals surface area (Å²) in [7, 11) is 1.98. The first-order valence-electron chi connectivity index (χ1n) is 16.1. The summed E-state index contributed by atoms with van der Waals surface area (Å²) in [5, 5.41) is 3.32. The van der Waals surface area contributed by atoms with Crippen LogP contribution in [0.4, 0.5) is 18.9 Å². The van der Waals surface area contributed by atoms with Crippen LogP contribution in [0.2, 0.25) is 0 Å². The minimum atomic E-state index is -1.51. The predicted molar refractivity (Wildman–Crippen MR) is 175 cm³/mol. The average molecular weight is 611 g/mol. The van der Waals surface area contributed by atoms with Gasteiger partial charge in [0.15, 0.2) is 17.5 Å². The van der Waals surface area contributed by atoms with Crippen molar-refractivity contribution < 1.29 is 18.0 Å². The number of rotatable bonds is 10. The first-order chi connectivity index (χ1) is 21.0. The molecule has 2 fully saturated rings. The van der Waals surface area contributed by atoms with E-state index in [1.807, 2.05) is 7.05 Å². The molecule has 2 saturated heterocycles. The Morgan fingerprint density at radius 1 is 1.00 bits per heavy atom. The van der Waals surface area contributed by atoms with Crippen LogP contribution >= 0.6 is 0 Å². The zero-order valence-electron chi connectivity index (χ0n) is 26.9. The highest BCUT2D eigenvalue weighted by Gasteiger charge is 2.30. The van der Waals surface area contributed by atoms with Gasteiger partial charge in [0.05, 0.1) is 0 Å². The molecule has 0 bridgehead atoms. The zero-order valence-corrected chi connectivity index (χ0v) is 26.9. The van der Waals surface area contributed by atoms with Gasteiger partial charge in [0.1, 0.15) is 0 Å². The molecule has 8 heteroatoms. The van der Waals surface area contributed by atoms with Crippen LogP contribution in [0.15, 0.2) is 42.5 Å². The van der Waals surface area contributed by atoms with Crippen LogP contribution in [-0.2, 0) is 4.79 Å². The van der Waals surface area contributed by atoms with E-state index in [0.29, 0.717) is 36.8 Å². The number of carbonyl (C=O) groups excluding carboxylic acids is 1. The van der Waals surface area contributed by atoms with Crippen molar-refractivity contribution in [2.75, 3.05) is 45.1 Å². The quantitative estimate of drug-likeness (QED) is 0.219. The van der Waals surface area contributed by atoms with Gasteiger partial charge in [-0.15, -0.1) is 0 Å². The van der Waals surface area contributed by atoms with Gasteiger partial charge in [-0.05, 0) is 122 Å². The number of piperidine rings is 2. The van der Waals surface area contributed by atoms with E-state index in [-0.39, 0.29) is 17.5 Å². The first kappa shape index (κ1) is 33.8. The number of nitrogens with two attached hydrogens (primary N) is 1. The highest BCUT2D eigenvalue weighted by molar-refractivity contribution is 5.91. The summed E-state index contributed by atoms with van der Waals surface area (Å²) in [5.41, 5.74) is 12.2. The van der Waals surface area contributed by atoms with Crippen LogP contribution < -0.4 is 11.1 Å². The van der Waals surface area contributed by atoms with Crippen molar-refractivity contribution in [1.29, 1.82) is 0 Å². The lowest BCUT2D eigenvalue weighted by Gasteiger charge is -2.39. The molecule has 4 rings (SSSR count). The van der Waals surface area contributed by atoms with Gasteiger partial charge in [0, 0.05) is 44.5 Å². The number of amides is 1. The Hall–Kier alpha value is -3.10. The van der Waals surface area contributed by atoms with E-state index in [1.165, 1.54) is 28.9 Å². The number of benzene rings is 2. The number of likely N-dealkylation sites (tertiary alicyclic amines) is 2. The number of allylic oxidation sites excluding steroid dienone is 2. The van der Waals surface area contributed by atoms with Gasteiger partial charge in [0.25, 0.3) is 0 Å². The van der Waals surface area contributed by atoms with E-state index < -0.39 is 17.5 Å². The molecule has 2 heterocycles. The van der Waals surface area contributed by atoms with Crippen molar-refractivity contribution in [3.63, 3.8) is 0 Å². The van der Waals surface area contributed by atoms with Gasteiger partial charge < -0.3 is 20.9 Å². The Morgan fingerprint density at radius 2 is 1.64 bits per heavy atom. The van der Waals surface area contributed by atoms with Crippen LogP contribution in [0.3, 0.4) is 0 Å². The molecule has 2 atom stereocenters. The lowest BCUT2D eigenvalue weighted by molar-refractivity contribution is -0.127. The molecule has 0 aliphatic carbocycles. The fraction of sp³-hybridized carbons (Fsp3) is 0.528. The fourth-order valence-electron chi connectivity index (χ4n) is 6.70. The molecule has 0 saturated carbocycles. The van der Waals surface area contributed by atoms with Gasteiger partial charge in [-0.1, -0.05) is 32.9 Å². The topological polar surface area (TPSA) is 61.6 Å². The standard InChI is InChI=1S/C36H49F3N4O/c1-6-29(31-21-28(41-5)8-9-30(31)24(4)23(2)3)26-11-15-42(16-12-26)22-34(40)27-13-17-43(18-14-27)35(44)10-7-25-19-32(37)36(39)33(38)20-25/h6-10,19-21,23-24,26-27,34,41H,11-18,22,40H2,1-5H3/b10-7+,29-6-. The summed E-state index contributed by atoms with van der Waals surface area (Å²) >= 11 is 0. The second-order valence-corrected chi connectivity index (χ2v) is 12.9. The second kappa shape index (κ2) is 15.3. The number of nitrogens with one attached hydrogen (secondary N) is 1. The Labute approximate surface area is 261 Å². The molecule has 5 nitrogen and oxygen atoms in total. The van der Waals surface area contributed by atoms with E-state index in [1.54, 1.807) is 4.90 Å². The Bertz CT molecular complexity index is 1320. The van der Waals surface area contributed by atoms with E-state index in [0.717, 1.165) is 63.1 Å². The van der Waals surface area contributed by atoms with Crippen LogP contribution in [0.5, 0.6) is 0 Å². The van der Waals surface area contributed by atoms with Crippen LogP contribution in [-0.4, -0.2) is 61.5 Å². The summed E-state index contributed by atoms with van der Waals surface area (Å²) in [6, 6.07) is 8.60. The van der Waals surface area contributed by atoms with Crippen molar-refractivity contribution in [3.8, 4) is 0 Å². The molecule has 1 amide bonds. The molecule has 0 aromatic heterocycles. The normalized spacial score (nSPS) is 19.1. The van der Waals surface area contributed by atoms with E-state index in [2.05, 4.69) is 62.2 Å². The Morgan fingerprint density at radius 3 is 2.20 bits per heavy atom. The van der Waals surface area contributed by atoms with Crippen LogP contribution in [0, 0.1) is 35.2 Å². The average Bonchev–Trinajstić information content (AvgIpc) is 3.03. The minimum absolute atomic E-state index is 0.0384. The third kappa shape index (κ3) is 8.13. The second-order valence-electron chi connectivity index (χ2n) is 12.9. The van der Waals surface area contributed by atoms with Crippen molar-refractivity contribution in [2.24, 2.45) is 23.5 Å². The third-order valence-corrected chi connectivity index (χ3v) is 9.83. The molecule has 2 aliphatic rings. The van der Waals surface area contributed by atoms with Crippen molar-refractivity contribution >= 4 is 23.2 Å². The summed E-state index contributed by atoms with van der Waals surface area (Å²) in [6.45, 7) is 13.1. The largest absolute Gasteiger partial charge is 0.388 e. The van der Waals surface area contributed by atoms with Gasteiger partial charge in [-0.2, -0.15) is 0 Å². The monoisotopic (exact) mass is 610 g/mol. The summed E-state index contributed by atoms with van der Waals surface area (Å²) in [4.78, 5) is 16.9. The van der Waals surface area contributed by atoms with Gasteiger partial charge in [0.2, 0.25) is 5.91 Å². The molecule has 2 unspecified atom stereocenters. The predicted octanol–water partition coefficient (Wildman–Crippen LogP) is 7.30. The maximum Gasteiger partial charge on any atom is 0.246 e. The third-order valence-electron chi connectivity index (χ3n) is 9.83. The SMILES string of the molecule is C/C=C(\c1cc(NC)ccc1C(C)C(C)C)C1CCN(CC(N)C2CCN(C(=O)/C=C/c3cc(F)c(F)c(F)c3)CC2)CC1. The Kier molecular flexibility index (Phi) is 11.7. The van der Waals surface area contributed by atoms with Crippen molar-refractivity contribution in [2.45, 2.75) is 65.3 Å². The van der Waals surface area contributed by atoms with E-state index >= 15 is 0 Å². The Balaban J connectivity index is 1.28. The molecule has 0 spiro atoms. The van der Waals surface area contributed by atoms with Gasteiger partial charge in [-0.25, -0.2) is 13.2 Å². The number of carbonyl (C=O) groups is 1. The number of anilines is 1. The highest BCUT2D eigenvalue weighted by Crippen LogP contribution is 2.39. The van der Waals surface area contributed by atoms with Gasteiger partial charge >= 0.3 is 0 Å². The smallest absolute Gasteiger partial charge is 0.246 e. The van der Waals surface area contributed by atoms with Crippen LogP contribution in [0.1, 0.15) is 76.0 Å². The molecular weight excluding hydrogens is 561 g/mol. The number of halogens is 3. The summed E-state index contributed by atoms with van der Waals surface area (Å²) < 4.78 is 40.1. The summed E-state index contributed by atoms with van der Waals surface area (Å²) in [6.07, 6.45) is 8.77. The van der Waals surface area contributed by atoms with Crippen molar-refractivity contribution in [3.05, 3.63) is 76.6 Å². The molecule has 2 aromatic rings. The molecule has 240 valence electrons. The highest BCUT2D eigenvalue weighted by atomic mass is 19.2. The van der Waals surface area contributed by atoms with E-state index in [4.69, 9.17) is 5.73 Å². The lowest BCUT2D eigenvalue weighted by atomic mass is 9.78. The van der Waals surface area contributed by atoms with E-state index in [9.17, 15) is 18.0 Å². The minimum Gasteiger partial charge on any atom is -0.388 e. The van der Waals surface area contributed by atoms with Gasteiger partial charge in [-0.3, -0.25) is 4.79 Å². The maximum absolute atomic E-state index is 13.5. The first-order valence-corrected chi connectivity index (χ1v) is 16.1. The fourth-order valence-corrected chi connectivity index (χ4v) is 6.70. The molecule has 2 aliphatic heterocycles. The molecular formula is C36H49F3N4O. The lowest BCUT2D eigenvalue weighted by Crippen LogP contribution is -2.49. The number of hydrogen-bond acceptors (Lipinski definition) is 4. The zero-order chi connectivity index (χ0) is 32.0. The maximum atomic E-state index is 13.5. The summed E-state index contributed by atoms with van der Waals surface area (Å²) in [5.74, 6) is -2.40.